The van der Waals surface area contributed by atoms with E-state index in [1.165, 1.54) is 31.1 Å². The molecule has 0 atom stereocenters. The number of hydrogen-bond donors (Lipinski definition) is 0. The maximum absolute atomic E-state index is 2.51. The zero-order chi connectivity index (χ0) is 6.53. The lowest BCUT2D eigenvalue weighted by Crippen LogP contribution is -2.26. The van der Waals surface area contributed by atoms with Crippen molar-refractivity contribution in [3.63, 3.8) is 0 Å². The SMILES string of the molecule is CCN1CCSSCC1. The maximum Gasteiger partial charge on any atom is 0.0165 e. The minimum Gasteiger partial charge on any atom is -0.302 e. The largest absolute Gasteiger partial charge is 0.302 e. The highest BCUT2D eigenvalue weighted by atomic mass is 33.1. The van der Waals surface area contributed by atoms with Gasteiger partial charge in [-0.15, -0.1) is 0 Å². The van der Waals surface area contributed by atoms with Crippen LogP contribution in [0.1, 0.15) is 6.92 Å². The minimum absolute atomic E-state index is 1.22. The Balaban J connectivity index is 2.18. The Morgan fingerprint density at radius 2 is 1.78 bits per heavy atom. The topological polar surface area (TPSA) is 3.24 Å². The molecule has 0 aromatic heterocycles. The summed E-state index contributed by atoms with van der Waals surface area (Å²) >= 11 is 0. The van der Waals surface area contributed by atoms with Gasteiger partial charge in [0.15, 0.2) is 0 Å². The summed E-state index contributed by atoms with van der Waals surface area (Å²) in [7, 11) is 4.02. The van der Waals surface area contributed by atoms with Crippen molar-refractivity contribution in [1.29, 1.82) is 0 Å². The first-order valence-corrected chi connectivity index (χ1v) is 5.89. The van der Waals surface area contributed by atoms with Crippen molar-refractivity contribution in [2.75, 3.05) is 31.1 Å². The standard InChI is InChI=1S/C6H13NS2/c1-2-7-3-5-8-9-6-4-7/h2-6H2,1H3. The van der Waals surface area contributed by atoms with Crippen molar-refractivity contribution in [1.82, 2.24) is 4.90 Å². The zero-order valence-corrected chi connectivity index (χ0v) is 7.43. The van der Waals surface area contributed by atoms with E-state index >= 15 is 0 Å². The predicted octanol–water partition coefficient (Wildman–Crippen LogP) is 1.70. The van der Waals surface area contributed by atoms with Crippen LogP contribution in [0.15, 0.2) is 0 Å². The molecule has 0 spiro atoms. The lowest BCUT2D eigenvalue weighted by molar-refractivity contribution is 0.328. The number of hydrogen-bond acceptors (Lipinski definition) is 3. The van der Waals surface area contributed by atoms with Gasteiger partial charge >= 0.3 is 0 Å². The fourth-order valence-corrected chi connectivity index (χ4v) is 2.93. The summed E-state index contributed by atoms with van der Waals surface area (Å²) in [5, 5.41) is 0. The third kappa shape index (κ3) is 2.83. The van der Waals surface area contributed by atoms with E-state index in [9.17, 15) is 0 Å². The molecule has 1 saturated heterocycles. The molecule has 9 heavy (non-hydrogen) atoms. The van der Waals surface area contributed by atoms with Gasteiger partial charge in [0.05, 0.1) is 0 Å². The van der Waals surface area contributed by atoms with Crippen LogP contribution in [0.4, 0.5) is 0 Å². The average molecular weight is 163 g/mol. The summed E-state index contributed by atoms with van der Waals surface area (Å²) in [6, 6.07) is 0. The molecule has 0 saturated carbocycles. The molecule has 0 bridgehead atoms. The molecule has 0 unspecified atom stereocenters. The van der Waals surface area contributed by atoms with Crippen LogP contribution in [0.25, 0.3) is 0 Å². The van der Waals surface area contributed by atoms with E-state index in [0.29, 0.717) is 0 Å². The van der Waals surface area contributed by atoms with Gasteiger partial charge in [0.25, 0.3) is 0 Å². The van der Waals surface area contributed by atoms with E-state index in [-0.39, 0.29) is 0 Å². The van der Waals surface area contributed by atoms with Crippen molar-refractivity contribution < 1.29 is 0 Å². The lowest BCUT2D eigenvalue weighted by Gasteiger charge is -2.14. The molecular formula is C6H13NS2. The normalized spacial score (nSPS) is 23.7. The molecule has 0 aliphatic carbocycles. The molecule has 1 rings (SSSR count). The van der Waals surface area contributed by atoms with Crippen LogP contribution in [-0.2, 0) is 0 Å². The van der Waals surface area contributed by atoms with Gasteiger partial charge in [-0.05, 0) is 6.54 Å². The Morgan fingerprint density at radius 3 is 2.22 bits per heavy atom. The first kappa shape index (κ1) is 7.76. The second kappa shape index (κ2) is 4.47. The van der Waals surface area contributed by atoms with Gasteiger partial charge < -0.3 is 4.90 Å². The summed E-state index contributed by atoms with van der Waals surface area (Å²) in [6.07, 6.45) is 0. The van der Waals surface area contributed by atoms with Gasteiger partial charge in [0.1, 0.15) is 0 Å². The second-order valence-electron chi connectivity index (χ2n) is 2.08. The first-order valence-electron chi connectivity index (χ1n) is 3.40. The molecule has 1 aliphatic heterocycles. The van der Waals surface area contributed by atoms with Gasteiger partial charge in [-0.2, -0.15) is 0 Å². The molecule has 0 N–H and O–H groups in total. The van der Waals surface area contributed by atoms with Crippen LogP contribution in [0.2, 0.25) is 0 Å². The molecule has 0 amide bonds. The second-order valence-corrected chi connectivity index (χ2v) is 4.78. The van der Waals surface area contributed by atoms with Gasteiger partial charge in [0, 0.05) is 24.6 Å². The zero-order valence-electron chi connectivity index (χ0n) is 5.80. The molecule has 54 valence electrons. The lowest BCUT2D eigenvalue weighted by atomic mass is 10.5. The highest BCUT2D eigenvalue weighted by Crippen LogP contribution is 2.23. The molecule has 0 radical (unpaired) electrons. The Kier molecular flexibility index (Phi) is 3.86. The van der Waals surface area contributed by atoms with Crippen LogP contribution in [0.5, 0.6) is 0 Å². The van der Waals surface area contributed by atoms with Gasteiger partial charge in [-0.1, -0.05) is 28.5 Å². The van der Waals surface area contributed by atoms with E-state index in [0.717, 1.165) is 0 Å². The van der Waals surface area contributed by atoms with Crippen LogP contribution in [0, 0.1) is 0 Å². The van der Waals surface area contributed by atoms with E-state index in [4.69, 9.17) is 0 Å². The van der Waals surface area contributed by atoms with Crippen molar-refractivity contribution in [3.05, 3.63) is 0 Å². The van der Waals surface area contributed by atoms with Gasteiger partial charge in [-0.3, -0.25) is 0 Å². The van der Waals surface area contributed by atoms with Crippen molar-refractivity contribution in [2.45, 2.75) is 6.92 Å². The van der Waals surface area contributed by atoms with Crippen molar-refractivity contribution >= 4 is 21.6 Å². The average Bonchev–Trinajstić information content (AvgIpc) is 2.13. The fourth-order valence-electron chi connectivity index (χ4n) is 0.879. The smallest absolute Gasteiger partial charge is 0.0165 e. The summed E-state index contributed by atoms with van der Waals surface area (Å²) < 4.78 is 0. The molecule has 3 heteroatoms. The molecule has 1 heterocycles. The molecular weight excluding hydrogens is 150 g/mol. The number of rotatable bonds is 1. The Bertz CT molecular complexity index is 69.5. The van der Waals surface area contributed by atoms with Gasteiger partial charge in [0.2, 0.25) is 0 Å². The highest BCUT2D eigenvalue weighted by molar-refractivity contribution is 8.76. The van der Waals surface area contributed by atoms with Crippen molar-refractivity contribution in [3.8, 4) is 0 Å². The predicted molar refractivity (Wildman–Crippen MR) is 47.0 cm³/mol. The van der Waals surface area contributed by atoms with Crippen LogP contribution in [0.3, 0.4) is 0 Å². The van der Waals surface area contributed by atoms with Crippen LogP contribution >= 0.6 is 21.6 Å². The maximum atomic E-state index is 2.51. The van der Waals surface area contributed by atoms with Gasteiger partial charge in [-0.25, -0.2) is 0 Å². The van der Waals surface area contributed by atoms with E-state index < -0.39 is 0 Å². The van der Waals surface area contributed by atoms with Crippen molar-refractivity contribution in [2.24, 2.45) is 0 Å². The van der Waals surface area contributed by atoms with E-state index in [1.807, 2.05) is 21.6 Å². The van der Waals surface area contributed by atoms with E-state index in [2.05, 4.69) is 11.8 Å². The first-order chi connectivity index (χ1) is 4.43. The molecule has 1 nitrogen and oxygen atoms in total. The van der Waals surface area contributed by atoms with Crippen LogP contribution in [-0.4, -0.2) is 36.0 Å². The molecule has 0 aromatic carbocycles. The molecule has 1 aliphatic rings. The monoisotopic (exact) mass is 163 g/mol. The molecule has 1 fully saturated rings. The van der Waals surface area contributed by atoms with Crippen LogP contribution < -0.4 is 0 Å². The highest BCUT2D eigenvalue weighted by Gasteiger charge is 2.05. The summed E-state index contributed by atoms with van der Waals surface area (Å²) in [5.41, 5.74) is 0. The fraction of sp³-hybridized carbons (Fsp3) is 1.00. The Morgan fingerprint density at radius 1 is 1.22 bits per heavy atom. The third-order valence-corrected chi connectivity index (χ3v) is 3.88. The summed E-state index contributed by atoms with van der Waals surface area (Å²) in [4.78, 5) is 2.51. The molecule has 0 aromatic rings. The number of nitrogens with zero attached hydrogens (tertiary/aromatic N) is 1. The summed E-state index contributed by atoms with van der Waals surface area (Å²) in [5.74, 6) is 2.61. The third-order valence-electron chi connectivity index (χ3n) is 1.51. The quantitative estimate of drug-likeness (QED) is 0.542. The van der Waals surface area contributed by atoms with E-state index in [1.54, 1.807) is 0 Å². The Hall–Kier alpha value is 0.660. The minimum atomic E-state index is 1.22. The summed E-state index contributed by atoms with van der Waals surface area (Å²) in [6.45, 7) is 6.03. The Labute approximate surface area is 65.0 Å².